The Kier molecular flexibility index (Phi) is 3.58. The maximum absolute atomic E-state index is 11.5. The zero-order chi connectivity index (χ0) is 11.6. The van der Waals surface area contributed by atoms with Gasteiger partial charge in [0, 0.05) is 0 Å². The molecule has 1 heterocycles. The highest BCUT2D eigenvalue weighted by Gasteiger charge is 2.31. The van der Waals surface area contributed by atoms with E-state index in [1.807, 2.05) is 0 Å². The summed E-state index contributed by atoms with van der Waals surface area (Å²) in [5.41, 5.74) is -0.107. The summed E-state index contributed by atoms with van der Waals surface area (Å²) in [4.78, 5) is 15.3. The molecule has 1 rings (SSSR count). The van der Waals surface area contributed by atoms with Crippen LogP contribution >= 0.6 is 23.2 Å². The number of rotatable bonds is 2. The number of pyridine rings is 1. The highest BCUT2D eigenvalue weighted by Crippen LogP contribution is 2.28. The molecule has 0 fully saturated rings. The van der Waals surface area contributed by atoms with Crippen molar-refractivity contribution >= 4 is 29.2 Å². The molecular weight excluding hydrogens is 237 g/mol. The Balaban J connectivity index is 3.20. The monoisotopic (exact) mass is 247 g/mol. The number of esters is 1. The van der Waals surface area contributed by atoms with Crippen LogP contribution in [0.3, 0.4) is 0 Å². The smallest absolute Gasteiger partial charge is 0.315 e. The van der Waals surface area contributed by atoms with Crippen molar-refractivity contribution in [2.24, 2.45) is 0 Å². The van der Waals surface area contributed by atoms with E-state index in [1.165, 1.54) is 7.11 Å². The van der Waals surface area contributed by atoms with E-state index in [-0.39, 0.29) is 16.3 Å². The average molecular weight is 248 g/mol. The molecule has 0 saturated carbocycles. The molecule has 1 aromatic heterocycles. The SMILES string of the molecule is COC(=O)C(C)(C)c1cc(Cl)nc(Cl)c1. The molecule has 1 aromatic rings. The molecule has 0 amide bonds. The number of aromatic nitrogens is 1. The van der Waals surface area contributed by atoms with E-state index >= 15 is 0 Å². The third-order valence-electron chi connectivity index (χ3n) is 2.18. The van der Waals surface area contributed by atoms with Crippen molar-refractivity contribution in [3.63, 3.8) is 0 Å². The van der Waals surface area contributed by atoms with Gasteiger partial charge in [0.05, 0.1) is 12.5 Å². The molecule has 0 aliphatic heterocycles. The average Bonchev–Trinajstić information content (AvgIpc) is 2.15. The highest BCUT2D eigenvalue weighted by atomic mass is 35.5. The van der Waals surface area contributed by atoms with E-state index in [0.717, 1.165) is 0 Å². The standard InChI is InChI=1S/C10H11Cl2NO2/c1-10(2,9(14)15-3)6-4-7(11)13-8(12)5-6/h4-5H,1-3H3. The van der Waals surface area contributed by atoms with Crippen molar-refractivity contribution in [3.8, 4) is 0 Å². The minimum atomic E-state index is -0.787. The highest BCUT2D eigenvalue weighted by molar-refractivity contribution is 6.32. The van der Waals surface area contributed by atoms with Crippen molar-refractivity contribution in [3.05, 3.63) is 28.0 Å². The van der Waals surface area contributed by atoms with E-state index in [4.69, 9.17) is 27.9 Å². The fraction of sp³-hybridized carbons (Fsp3) is 0.400. The van der Waals surface area contributed by atoms with Crippen LogP contribution in [0, 0.1) is 0 Å². The minimum Gasteiger partial charge on any atom is -0.468 e. The first-order valence-corrected chi connectivity index (χ1v) is 5.05. The normalized spacial score (nSPS) is 11.3. The van der Waals surface area contributed by atoms with Gasteiger partial charge in [-0.2, -0.15) is 0 Å². The van der Waals surface area contributed by atoms with Crippen molar-refractivity contribution in [1.82, 2.24) is 4.98 Å². The van der Waals surface area contributed by atoms with Gasteiger partial charge in [0.15, 0.2) is 0 Å². The maximum Gasteiger partial charge on any atom is 0.315 e. The second-order valence-corrected chi connectivity index (χ2v) is 4.39. The van der Waals surface area contributed by atoms with Gasteiger partial charge in [-0.1, -0.05) is 23.2 Å². The van der Waals surface area contributed by atoms with Gasteiger partial charge in [-0.25, -0.2) is 4.98 Å². The van der Waals surface area contributed by atoms with Crippen LogP contribution in [0.5, 0.6) is 0 Å². The number of nitrogens with zero attached hydrogens (tertiary/aromatic N) is 1. The Bertz CT molecular complexity index is 371. The summed E-state index contributed by atoms with van der Waals surface area (Å²) >= 11 is 11.5. The lowest BCUT2D eigenvalue weighted by atomic mass is 9.85. The van der Waals surface area contributed by atoms with Crippen molar-refractivity contribution in [2.75, 3.05) is 7.11 Å². The molecule has 0 bridgehead atoms. The van der Waals surface area contributed by atoms with E-state index in [1.54, 1.807) is 26.0 Å². The van der Waals surface area contributed by atoms with Crippen molar-refractivity contribution in [1.29, 1.82) is 0 Å². The van der Waals surface area contributed by atoms with Gasteiger partial charge in [0.2, 0.25) is 0 Å². The third kappa shape index (κ3) is 2.61. The van der Waals surface area contributed by atoms with Crippen LogP contribution in [0.15, 0.2) is 12.1 Å². The van der Waals surface area contributed by atoms with Gasteiger partial charge in [0.1, 0.15) is 10.3 Å². The summed E-state index contributed by atoms with van der Waals surface area (Å²) in [6.07, 6.45) is 0. The molecule has 0 aromatic carbocycles. The fourth-order valence-electron chi connectivity index (χ4n) is 1.20. The molecule has 0 atom stereocenters. The third-order valence-corrected chi connectivity index (χ3v) is 2.57. The first-order valence-electron chi connectivity index (χ1n) is 4.30. The molecule has 0 aliphatic rings. The van der Waals surface area contributed by atoms with Crippen molar-refractivity contribution < 1.29 is 9.53 Å². The largest absolute Gasteiger partial charge is 0.468 e. The predicted octanol–water partition coefficient (Wildman–Crippen LogP) is 2.84. The van der Waals surface area contributed by atoms with E-state index in [0.29, 0.717) is 5.56 Å². The Morgan fingerprint density at radius 3 is 2.20 bits per heavy atom. The minimum absolute atomic E-state index is 0.259. The van der Waals surface area contributed by atoms with Crippen LogP contribution in [-0.2, 0) is 14.9 Å². The zero-order valence-electron chi connectivity index (χ0n) is 8.67. The van der Waals surface area contributed by atoms with Crippen LogP contribution in [0.2, 0.25) is 10.3 Å². The van der Waals surface area contributed by atoms with Gasteiger partial charge >= 0.3 is 5.97 Å². The summed E-state index contributed by atoms with van der Waals surface area (Å²) in [6, 6.07) is 3.20. The first-order chi connectivity index (χ1) is 6.87. The first kappa shape index (κ1) is 12.3. The Labute approximate surface area is 98.4 Å². The molecule has 0 spiro atoms. The van der Waals surface area contributed by atoms with Gasteiger partial charge in [0.25, 0.3) is 0 Å². The second-order valence-electron chi connectivity index (χ2n) is 3.62. The lowest BCUT2D eigenvalue weighted by molar-refractivity contribution is -0.146. The zero-order valence-corrected chi connectivity index (χ0v) is 10.2. The Morgan fingerprint density at radius 2 is 1.80 bits per heavy atom. The molecular formula is C10H11Cl2NO2. The maximum atomic E-state index is 11.5. The summed E-state index contributed by atoms with van der Waals surface area (Å²) in [6.45, 7) is 3.47. The van der Waals surface area contributed by atoms with Crippen LogP contribution in [-0.4, -0.2) is 18.1 Å². The topological polar surface area (TPSA) is 39.2 Å². The van der Waals surface area contributed by atoms with Gasteiger partial charge in [-0.05, 0) is 31.5 Å². The molecule has 0 N–H and O–H groups in total. The molecule has 0 unspecified atom stereocenters. The lowest BCUT2D eigenvalue weighted by Gasteiger charge is -2.22. The van der Waals surface area contributed by atoms with Gasteiger partial charge in [-0.3, -0.25) is 4.79 Å². The lowest BCUT2D eigenvalue weighted by Crippen LogP contribution is -2.30. The van der Waals surface area contributed by atoms with Crippen LogP contribution in [0.25, 0.3) is 0 Å². The number of halogens is 2. The molecule has 0 radical (unpaired) electrons. The van der Waals surface area contributed by atoms with Crippen molar-refractivity contribution in [2.45, 2.75) is 19.3 Å². The number of carbonyl (C=O) groups is 1. The quantitative estimate of drug-likeness (QED) is 0.596. The van der Waals surface area contributed by atoms with Crippen LogP contribution < -0.4 is 0 Å². The molecule has 3 nitrogen and oxygen atoms in total. The molecule has 0 saturated heterocycles. The molecule has 15 heavy (non-hydrogen) atoms. The van der Waals surface area contributed by atoms with E-state index in [9.17, 15) is 4.79 Å². The summed E-state index contributed by atoms with van der Waals surface area (Å²) in [7, 11) is 1.34. The molecule has 0 aliphatic carbocycles. The summed E-state index contributed by atoms with van der Waals surface area (Å²) in [5.74, 6) is -0.346. The fourth-order valence-corrected chi connectivity index (χ4v) is 1.66. The predicted molar refractivity (Wildman–Crippen MR) is 59.3 cm³/mol. The number of methoxy groups -OCH3 is 1. The van der Waals surface area contributed by atoms with Gasteiger partial charge in [-0.15, -0.1) is 0 Å². The number of carbonyl (C=O) groups excluding carboxylic acids is 1. The van der Waals surface area contributed by atoms with E-state index < -0.39 is 5.41 Å². The molecule has 82 valence electrons. The summed E-state index contributed by atoms with van der Waals surface area (Å²) < 4.78 is 4.70. The summed E-state index contributed by atoms with van der Waals surface area (Å²) in [5, 5.41) is 0.518. The van der Waals surface area contributed by atoms with Gasteiger partial charge < -0.3 is 4.74 Å². The number of hydrogen-bond donors (Lipinski definition) is 0. The number of hydrogen-bond acceptors (Lipinski definition) is 3. The van der Waals surface area contributed by atoms with Crippen LogP contribution in [0.1, 0.15) is 19.4 Å². The Morgan fingerprint density at radius 1 is 1.33 bits per heavy atom. The number of ether oxygens (including phenoxy) is 1. The second kappa shape index (κ2) is 4.37. The van der Waals surface area contributed by atoms with E-state index in [2.05, 4.69) is 4.98 Å². The molecule has 5 heteroatoms. The van der Waals surface area contributed by atoms with Crippen LogP contribution in [0.4, 0.5) is 0 Å². The Hall–Kier alpha value is -0.800.